The third kappa shape index (κ3) is 2.61. The van der Waals surface area contributed by atoms with Gasteiger partial charge in [-0.3, -0.25) is 5.32 Å². The Morgan fingerprint density at radius 2 is 2.12 bits per heavy atom. The lowest BCUT2D eigenvalue weighted by atomic mass is 9.95. The minimum absolute atomic E-state index is 0.0310. The lowest BCUT2D eigenvalue weighted by molar-refractivity contribution is 0.373. The molecular weight excluding hydrogens is 336 g/mol. The van der Waals surface area contributed by atoms with Gasteiger partial charge in [-0.25, -0.2) is 9.98 Å². The predicted octanol–water partition coefficient (Wildman–Crippen LogP) is 0.773. The Kier molecular flexibility index (Phi) is 4.09. The van der Waals surface area contributed by atoms with E-state index in [1.54, 1.807) is 18.3 Å². The molecule has 2 aromatic rings. The second kappa shape index (κ2) is 6.37. The number of pyridine rings is 1. The van der Waals surface area contributed by atoms with Crippen LogP contribution >= 0.6 is 0 Å². The Hall–Kier alpha value is -4.18. The molecule has 0 saturated carbocycles. The highest BCUT2D eigenvalue weighted by Crippen LogP contribution is 2.42. The summed E-state index contributed by atoms with van der Waals surface area (Å²) in [4.78, 5) is 8.59. The van der Waals surface area contributed by atoms with Gasteiger partial charge in [0.25, 0.3) is 0 Å². The molecule has 0 amide bonds. The monoisotopic (exact) mass is 350 g/mol. The highest BCUT2D eigenvalue weighted by Gasteiger charge is 2.30. The normalized spacial score (nSPS) is 14.9. The first kappa shape index (κ1) is 16.7. The van der Waals surface area contributed by atoms with E-state index in [0.717, 1.165) is 0 Å². The molecule has 26 heavy (non-hydrogen) atoms. The van der Waals surface area contributed by atoms with Crippen molar-refractivity contribution in [2.24, 2.45) is 4.99 Å². The molecule has 7 N–H and O–H groups in total. The van der Waals surface area contributed by atoms with E-state index in [0.29, 0.717) is 11.1 Å². The Labute approximate surface area is 148 Å². The van der Waals surface area contributed by atoms with Crippen LogP contribution in [-0.4, -0.2) is 23.2 Å². The summed E-state index contributed by atoms with van der Waals surface area (Å²) in [6.07, 6.45) is 1.77. The van der Waals surface area contributed by atoms with Crippen molar-refractivity contribution in [1.29, 1.82) is 10.5 Å². The fraction of sp³-hybridized carbons (Fsp3) is 0.125. The van der Waals surface area contributed by atoms with Crippen molar-refractivity contribution in [3.63, 3.8) is 0 Å². The molecule has 1 aromatic heterocycles. The van der Waals surface area contributed by atoms with Gasteiger partial charge in [0.1, 0.15) is 29.3 Å². The first-order valence-electron chi connectivity index (χ1n) is 7.35. The minimum atomic E-state index is -0.697. The quantitative estimate of drug-likeness (QED) is 0.386. The molecule has 0 aliphatic carbocycles. The number of benzene rings is 1. The molecule has 0 radical (unpaired) electrons. The number of fused-ring (bicyclic) bond motifs is 1. The topological polar surface area (TPSA) is 178 Å². The molecule has 1 aliphatic heterocycles. The van der Waals surface area contributed by atoms with Crippen LogP contribution in [0.2, 0.25) is 0 Å². The number of aromatic hydroxyl groups is 1. The van der Waals surface area contributed by atoms with Crippen LogP contribution in [-0.2, 0) is 0 Å². The summed E-state index contributed by atoms with van der Waals surface area (Å²) in [5.41, 5.74) is 13.2. The molecule has 1 aliphatic rings. The highest BCUT2D eigenvalue weighted by atomic mass is 16.5. The zero-order valence-corrected chi connectivity index (χ0v) is 13.6. The molecule has 2 heterocycles. The van der Waals surface area contributed by atoms with E-state index in [2.05, 4.69) is 20.6 Å². The smallest absolute Gasteiger partial charge is 0.211 e. The van der Waals surface area contributed by atoms with E-state index < -0.39 is 6.04 Å². The molecule has 0 bridgehead atoms. The number of nitriles is 2. The first-order chi connectivity index (χ1) is 12.5. The van der Waals surface area contributed by atoms with Gasteiger partial charge in [0.2, 0.25) is 5.96 Å². The number of phenolic OH excluding ortho intramolecular Hbond substituents is 1. The maximum absolute atomic E-state index is 9.81. The summed E-state index contributed by atoms with van der Waals surface area (Å²) in [7, 11) is 1.42. The number of anilines is 3. The molecule has 10 nitrogen and oxygen atoms in total. The summed E-state index contributed by atoms with van der Waals surface area (Å²) in [5, 5.41) is 33.2. The van der Waals surface area contributed by atoms with Crippen molar-refractivity contribution >= 4 is 23.3 Å². The zero-order chi connectivity index (χ0) is 18.8. The van der Waals surface area contributed by atoms with Crippen molar-refractivity contribution in [2.45, 2.75) is 6.04 Å². The number of hydrogen-bond acceptors (Lipinski definition) is 10. The van der Waals surface area contributed by atoms with Crippen molar-refractivity contribution in [1.82, 2.24) is 10.3 Å². The minimum Gasteiger partial charge on any atom is -0.504 e. The maximum Gasteiger partial charge on any atom is 0.211 e. The second-order valence-electron chi connectivity index (χ2n) is 5.33. The fourth-order valence-corrected chi connectivity index (χ4v) is 2.69. The van der Waals surface area contributed by atoms with Gasteiger partial charge in [-0.05, 0) is 17.7 Å². The Bertz CT molecular complexity index is 1000. The van der Waals surface area contributed by atoms with E-state index in [1.165, 1.54) is 13.2 Å². The van der Waals surface area contributed by atoms with Crippen LogP contribution in [0.4, 0.5) is 17.3 Å². The molecule has 1 atom stereocenters. The van der Waals surface area contributed by atoms with Crippen LogP contribution in [0.15, 0.2) is 23.2 Å². The van der Waals surface area contributed by atoms with Crippen molar-refractivity contribution in [3.05, 3.63) is 34.9 Å². The Balaban J connectivity index is 2.25. The number of nitrogens with two attached hydrogens (primary N) is 2. The number of ether oxygens (including phenoxy) is 1. The van der Waals surface area contributed by atoms with Gasteiger partial charge in [0.05, 0.1) is 12.8 Å². The van der Waals surface area contributed by atoms with Gasteiger partial charge in [0, 0.05) is 5.56 Å². The average Bonchev–Trinajstić information content (AvgIpc) is 2.62. The van der Waals surface area contributed by atoms with E-state index in [9.17, 15) is 10.4 Å². The summed E-state index contributed by atoms with van der Waals surface area (Å²) >= 11 is 0. The Morgan fingerprint density at radius 1 is 1.35 bits per heavy atom. The lowest BCUT2D eigenvalue weighted by Gasteiger charge is -2.26. The number of hydrogen-bond donors (Lipinski definition) is 5. The largest absolute Gasteiger partial charge is 0.504 e. The molecule has 1 aromatic carbocycles. The summed E-state index contributed by atoms with van der Waals surface area (Å²) in [6.45, 7) is 0. The van der Waals surface area contributed by atoms with E-state index in [-0.39, 0.29) is 40.3 Å². The summed E-state index contributed by atoms with van der Waals surface area (Å²) < 4.78 is 5.13. The number of phenols is 1. The summed E-state index contributed by atoms with van der Waals surface area (Å²) in [6, 6.07) is 5.91. The third-order valence-electron chi connectivity index (χ3n) is 3.88. The molecule has 0 spiro atoms. The molecule has 0 saturated heterocycles. The van der Waals surface area contributed by atoms with Crippen molar-refractivity contribution in [2.75, 3.05) is 23.9 Å². The maximum atomic E-state index is 9.81. The lowest BCUT2D eigenvalue weighted by Crippen LogP contribution is -2.32. The van der Waals surface area contributed by atoms with Gasteiger partial charge in [-0.1, -0.05) is 6.07 Å². The molecule has 10 heteroatoms. The average molecular weight is 350 g/mol. The van der Waals surface area contributed by atoms with Crippen molar-refractivity contribution in [3.8, 4) is 23.8 Å². The molecule has 130 valence electrons. The third-order valence-corrected chi connectivity index (χ3v) is 3.88. The summed E-state index contributed by atoms with van der Waals surface area (Å²) in [5.74, 6) is 0.606. The number of nitrogens with zero attached hydrogens (tertiary/aromatic N) is 4. The predicted molar refractivity (Wildman–Crippen MR) is 94.1 cm³/mol. The van der Waals surface area contributed by atoms with Crippen LogP contribution in [0.5, 0.6) is 11.5 Å². The highest BCUT2D eigenvalue weighted by molar-refractivity contribution is 5.98. The van der Waals surface area contributed by atoms with Crippen LogP contribution < -0.4 is 26.8 Å². The van der Waals surface area contributed by atoms with E-state index in [4.69, 9.17) is 21.5 Å². The number of methoxy groups -OCH3 is 1. The molecule has 0 fully saturated rings. The van der Waals surface area contributed by atoms with Gasteiger partial charge in [0.15, 0.2) is 17.7 Å². The number of aliphatic imine (C=N–C) groups is 1. The van der Waals surface area contributed by atoms with Crippen LogP contribution in [0.25, 0.3) is 0 Å². The van der Waals surface area contributed by atoms with Gasteiger partial charge < -0.3 is 26.6 Å². The first-order valence-corrected chi connectivity index (χ1v) is 7.35. The SMILES string of the molecule is COc1cc(C2N=C(NC#N)Nc3nc(N)c(C#N)c(N)c32)ccc1O. The van der Waals surface area contributed by atoms with Crippen LogP contribution in [0, 0.1) is 22.8 Å². The van der Waals surface area contributed by atoms with E-state index in [1.807, 2.05) is 6.07 Å². The second-order valence-corrected chi connectivity index (χ2v) is 5.33. The number of aromatic nitrogens is 1. The standard InChI is InChI=1S/C16H14N8O2/c1-26-10-4-7(2-3-9(10)25)13-11-12(19)8(5-17)14(20)23-15(11)24-16(22-13)21-6-18/h2-4,13,25H,1H3,(H6,19,20,21,22,23,24). The van der Waals surface area contributed by atoms with Crippen LogP contribution in [0.1, 0.15) is 22.7 Å². The van der Waals surface area contributed by atoms with E-state index >= 15 is 0 Å². The fourth-order valence-electron chi connectivity index (χ4n) is 2.69. The number of guanidine groups is 1. The molecule has 3 rings (SSSR count). The number of nitrogen functional groups attached to an aromatic ring is 2. The van der Waals surface area contributed by atoms with Gasteiger partial charge >= 0.3 is 0 Å². The zero-order valence-electron chi connectivity index (χ0n) is 13.6. The molecule has 1 unspecified atom stereocenters. The molecular formula is C16H14N8O2. The number of rotatable bonds is 2. The Morgan fingerprint density at radius 3 is 2.77 bits per heavy atom. The van der Waals surface area contributed by atoms with Gasteiger partial charge in [-0.2, -0.15) is 10.5 Å². The van der Waals surface area contributed by atoms with Crippen LogP contribution in [0.3, 0.4) is 0 Å². The van der Waals surface area contributed by atoms with Crippen molar-refractivity contribution < 1.29 is 9.84 Å². The van der Waals surface area contributed by atoms with Gasteiger partial charge in [-0.15, -0.1) is 0 Å². The number of nitrogens with one attached hydrogen (secondary N) is 2.